The van der Waals surface area contributed by atoms with Crippen molar-refractivity contribution in [2.75, 3.05) is 0 Å². The average molecular weight is 339 g/mol. The molecule has 0 N–H and O–H groups in total. The van der Waals surface area contributed by atoms with Crippen LogP contribution in [-0.4, -0.2) is 35.1 Å². The van der Waals surface area contributed by atoms with Crippen LogP contribution in [0.3, 0.4) is 0 Å². The van der Waals surface area contributed by atoms with Crippen LogP contribution < -0.4 is 0 Å². The smallest absolute Gasteiger partial charge is 0.158 e. The quantitative estimate of drug-likeness (QED) is 0.570. The minimum absolute atomic E-state index is 0.0482. The van der Waals surface area contributed by atoms with Gasteiger partial charge in [-0.25, -0.2) is 8.42 Å². The molecule has 2 nitrogen and oxygen atoms in total. The van der Waals surface area contributed by atoms with E-state index in [1.54, 1.807) is 5.20 Å². The Morgan fingerprint density at radius 1 is 1.05 bits per heavy atom. The molecule has 5 rings (SSSR count). The van der Waals surface area contributed by atoms with Crippen molar-refractivity contribution in [3.63, 3.8) is 0 Å². The van der Waals surface area contributed by atoms with Crippen LogP contribution in [0.25, 0.3) is 0 Å². The topological polar surface area (TPSA) is 34.1 Å². The number of allylic oxidation sites excluding steroid dienone is 4. The fraction of sp³-hybridized carbons (Fsp3) is 0.750. The first-order valence-electron chi connectivity index (χ1n) is 8.08. The molecule has 5 aliphatic rings. The van der Waals surface area contributed by atoms with Crippen molar-refractivity contribution in [1.29, 1.82) is 0 Å². The molecule has 2 aliphatic heterocycles. The third-order valence-corrected chi connectivity index (χ3v) is 15.3. The SMILES string of the molecule is C[Si](C)(C)C1=C[C@@H]2C=C[C@H]3[C@@H]4[C@@]3([Si](C)(C)C)[C@H]1[C@H]2S4(=O)=O. The van der Waals surface area contributed by atoms with Crippen molar-refractivity contribution < 1.29 is 8.42 Å². The van der Waals surface area contributed by atoms with E-state index in [9.17, 15) is 8.42 Å². The van der Waals surface area contributed by atoms with E-state index in [2.05, 4.69) is 57.5 Å². The highest BCUT2D eigenvalue weighted by Crippen LogP contribution is 2.83. The van der Waals surface area contributed by atoms with Gasteiger partial charge in [-0.2, -0.15) is 0 Å². The van der Waals surface area contributed by atoms with Gasteiger partial charge in [-0.15, -0.1) is 0 Å². The molecule has 6 atom stereocenters. The predicted molar refractivity (Wildman–Crippen MR) is 93.6 cm³/mol. The van der Waals surface area contributed by atoms with Gasteiger partial charge >= 0.3 is 0 Å². The molecular weight excluding hydrogens is 312 g/mol. The van der Waals surface area contributed by atoms with E-state index in [1.165, 1.54) is 0 Å². The van der Waals surface area contributed by atoms with E-state index in [1.807, 2.05) is 0 Å². The third-order valence-electron chi connectivity index (χ3n) is 6.61. The van der Waals surface area contributed by atoms with Gasteiger partial charge in [0.05, 0.1) is 26.6 Å². The summed E-state index contributed by atoms with van der Waals surface area (Å²) < 4.78 is 26.3. The molecule has 0 aromatic heterocycles. The van der Waals surface area contributed by atoms with Gasteiger partial charge < -0.3 is 0 Å². The van der Waals surface area contributed by atoms with Crippen LogP contribution in [0.2, 0.25) is 44.3 Å². The highest BCUT2D eigenvalue weighted by atomic mass is 32.2. The molecule has 0 unspecified atom stereocenters. The van der Waals surface area contributed by atoms with Crippen molar-refractivity contribution in [3.8, 4) is 0 Å². The second-order valence-electron chi connectivity index (χ2n) is 9.49. The summed E-state index contributed by atoms with van der Waals surface area (Å²) in [4.78, 5) is 0. The summed E-state index contributed by atoms with van der Waals surface area (Å²) in [6.07, 6.45) is 6.88. The summed E-state index contributed by atoms with van der Waals surface area (Å²) in [5.41, 5.74) is 0. The summed E-state index contributed by atoms with van der Waals surface area (Å²) in [5.74, 6) is 0.825. The molecule has 2 heterocycles. The number of hydrogen-bond donors (Lipinski definition) is 0. The fourth-order valence-corrected chi connectivity index (χ4v) is 16.7. The van der Waals surface area contributed by atoms with Gasteiger partial charge in [0.15, 0.2) is 9.84 Å². The van der Waals surface area contributed by atoms with Crippen molar-refractivity contribution in [3.05, 3.63) is 23.4 Å². The lowest BCUT2D eigenvalue weighted by Crippen LogP contribution is -2.43. The normalized spacial score (nSPS) is 49.0. The zero-order valence-electron chi connectivity index (χ0n) is 13.8. The second-order valence-corrected chi connectivity index (χ2v) is 22.2. The van der Waals surface area contributed by atoms with Gasteiger partial charge in [-0.05, 0) is 16.9 Å². The van der Waals surface area contributed by atoms with E-state index in [4.69, 9.17) is 0 Å². The van der Waals surface area contributed by atoms with Crippen LogP contribution in [0.5, 0.6) is 0 Å². The van der Waals surface area contributed by atoms with Gasteiger partial charge in [0, 0.05) is 5.92 Å². The number of hydrogen-bond acceptors (Lipinski definition) is 2. The summed E-state index contributed by atoms with van der Waals surface area (Å²) in [7, 11) is -6.00. The summed E-state index contributed by atoms with van der Waals surface area (Å²) in [6.45, 7) is 14.3. The van der Waals surface area contributed by atoms with Gasteiger partial charge in [0.2, 0.25) is 0 Å². The maximum Gasteiger partial charge on any atom is 0.158 e. The molecule has 1 saturated carbocycles. The third kappa shape index (κ3) is 1.38. The van der Waals surface area contributed by atoms with E-state index >= 15 is 0 Å². The first kappa shape index (κ1) is 14.5. The molecule has 6 bridgehead atoms. The predicted octanol–water partition coefficient (Wildman–Crippen LogP) is 3.48. The highest BCUT2D eigenvalue weighted by Gasteiger charge is 2.86. The summed E-state index contributed by atoms with van der Waals surface area (Å²) >= 11 is 0. The summed E-state index contributed by atoms with van der Waals surface area (Å²) in [5, 5.41) is 1.50. The first-order valence-corrected chi connectivity index (χ1v) is 16.7. The Labute approximate surface area is 130 Å². The van der Waals surface area contributed by atoms with Crippen LogP contribution in [0.1, 0.15) is 0 Å². The molecule has 0 spiro atoms. The van der Waals surface area contributed by atoms with Crippen molar-refractivity contribution in [1.82, 2.24) is 0 Å². The Balaban J connectivity index is 2.01. The van der Waals surface area contributed by atoms with E-state index in [-0.39, 0.29) is 21.5 Å². The molecule has 0 radical (unpaired) electrons. The first-order chi connectivity index (χ1) is 9.45. The molecule has 1 saturated heterocycles. The van der Waals surface area contributed by atoms with Crippen LogP contribution in [0.4, 0.5) is 0 Å². The molecule has 2 fully saturated rings. The Kier molecular flexibility index (Phi) is 2.42. The standard InChI is InChI=1S/C16H26O2SSi2/c1-20(2,3)12-9-10-7-8-11-15-16(11,21(4,5)6)13(12)14(10)19(15,17)18/h7-11,13-15H,1-6H3/t10-,11-,13+,14-,15+,16-/m0/s1. The molecular formula is C16H26O2SSi2. The van der Waals surface area contributed by atoms with Crippen LogP contribution in [-0.2, 0) is 9.84 Å². The van der Waals surface area contributed by atoms with Crippen molar-refractivity contribution >= 4 is 26.0 Å². The molecule has 5 heteroatoms. The number of sulfone groups is 1. The van der Waals surface area contributed by atoms with Crippen molar-refractivity contribution in [2.45, 2.75) is 54.8 Å². The van der Waals surface area contributed by atoms with Crippen LogP contribution in [0.15, 0.2) is 23.4 Å². The minimum Gasteiger partial charge on any atom is -0.228 e. The van der Waals surface area contributed by atoms with E-state index in [0.29, 0.717) is 11.8 Å². The Bertz CT molecular complexity index is 693. The van der Waals surface area contributed by atoms with Gasteiger partial charge in [-0.1, -0.05) is 62.7 Å². The minimum atomic E-state index is -2.96. The molecule has 0 aromatic carbocycles. The van der Waals surface area contributed by atoms with E-state index in [0.717, 1.165) is 0 Å². The largest absolute Gasteiger partial charge is 0.228 e. The monoisotopic (exact) mass is 338 g/mol. The Hall–Kier alpha value is -0.136. The van der Waals surface area contributed by atoms with E-state index < -0.39 is 26.0 Å². The van der Waals surface area contributed by atoms with Crippen LogP contribution in [0, 0.1) is 17.8 Å². The second kappa shape index (κ2) is 3.51. The molecule has 21 heavy (non-hydrogen) atoms. The molecule has 0 aromatic rings. The van der Waals surface area contributed by atoms with Crippen LogP contribution >= 0.6 is 0 Å². The van der Waals surface area contributed by atoms with Gasteiger partial charge in [0.1, 0.15) is 0 Å². The maximum absolute atomic E-state index is 13.2. The van der Waals surface area contributed by atoms with Gasteiger partial charge in [0.25, 0.3) is 0 Å². The lowest BCUT2D eigenvalue weighted by Gasteiger charge is -2.39. The fourth-order valence-electron chi connectivity index (χ4n) is 5.96. The summed E-state index contributed by atoms with van der Waals surface area (Å²) in [6, 6.07) is 0. The molecule has 116 valence electrons. The zero-order chi connectivity index (χ0) is 15.6. The molecule has 3 aliphatic carbocycles. The highest BCUT2D eigenvalue weighted by molar-refractivity contribution is 7.93. The zero-order valence-corrected chi connectivity index (χ0v) is 16.7. The number of rotatable bonds is 2. The lowest BCUT2D eigenvalue weighted by molar-refractivity contribution is 0.512. The molecule has 0 amide bonds. The average Bonchev–Trinajstić information content (AvgIpc) is 2.76. The Morgan fingerprint density at radius 3 is 2.19 bits per heavy atom. The Morgan fingerprint density at radius 2 is 1.67 bits per heavy atom. The lowest BCUT2D eigenvalue weighted by atomic mass is 9.98. The van der Waals surface area contributed by atoms with Gasteiger partial charge in [-0.3, -0.25) is 0 Å². The maximum atomic E-state index is 13.2. The van der Waals surface area contributed by atoms with Crippen molar-refractivity contribution in [2.24, 2.45) is 17.8 Å².